The van der Waals surface area contributed by atoms with E-state index in [0.717, 1.165) is 56.7 Å². The lowest BCUT2D eigenvalue weighted by atomic mass is 9.90. The Bertz CT molecular complexity index is 557. The minimum Gasteiger partial charge on any atom is -0.365 e. The van der Waals surface area contributed by atoms with E-state index in [2.05, 4.69) is 11.8 Å². The second-order valence-corrected chi connectivity index (χ2v) is 6.25. The molecule has 5 nitrogen and oxygen atoms in total. The Kier molecular flexibility index (Phi) is 3.85. The number of nitrogens with two attached hydrogens (primary N) is 2. The van der Waals surface area contributed by atoms with Gasteiger partial charge in [0.2, 0.25) is 0 Å². The third-order valence-electron chi connectivity index (χ3n) is 4.91. The molecule has 2 unspecified atom stereocenters. The van der Waals surface area contributed by atoms with Crippen LogP contribution in [0.5, 0.6) is 0 Å². The van der Waals surface area contributed by atoms with Crippen molar-refractivity contribution < 1.29 is 4.79 Å². The van der Waals surface area contributed by atoms with Gasteiger partial charge in [0, 0.05) is 24.8 Å². The van der Waals surface area contributed by atoms with Crippen LogP contribution in [-0.4, -0.2) is 30.0 Å². The number of amides is 1. The van der Waals surface area contributed by atoms with Crippen LogP contribution in [0.15, 0.2) is 6.07 Å². The highest BCUT2D eigenvalue weighted by Crippen LogP contribution is 2.30. The van der Waals surface area contributed by atoms with Gasteiger partial charge in [-0.1, -0.05) is 13.3 Å². The van der Waals surface area contributed by atoms with Crippen LogP contribution in [0, 0.1) is 5.92 Å². The Morgan fingerprint density at radius 1 is 1.48 bits per heavy atom. The molecule has 2 atom stereocenters. The number of anilines is 1. The number of primary amides is 1. The molecule has 5 heteroatoms. The van der Waals surface area contributed by atoms with Crippen molar-refractivity contribution in [2.75, 3.05) is 18.0 Å². The quantitative estimate of drug-likeness (QED) is 0.876. The highest BCUT2D eigenvalue weighted by molar-refractivity contribution is 5.98. The smallest absolute Gasteiger partial charge is 0.252 e. The molecule has 1 aliphatic carbocycles. The normalized spacial score (nSPS) is 25.0. The molecule has 0 aromatic carbocycles. The first-order chi connectivity index (χ1) is 10.1. The molecule has 0 radical (unpaired) electrons. The number of aromatic nitrogens is 1. The van der Waals surface area contributed by atoms with Crippen molar-refractivity contribution in [3.8, 4) is 0 Å². The number of aryl methyl sites for hydroxylation is 2. The van der Waals surface area contributed by atoms with Crippen molar-refractivity contribution in [3.05, 3.63) is 22.9 Å². The first-order valence-corrected chi connectivity index (χ1v) is 7.93. The SMILES string of the molecule is CCC1CN(c2nc3c(cc2C(N)=O)CCC3)CCC1N. The van der Waals surface area contributed by atoms with Gasteiger partial charge in [-0.05, 0) is 43.2 Å². The zero-order valence-corrected chi connectivity index (χ0v) is 12.6. The highest BCUT2D eigenvalue weighted by atomic mass is 16.1. The van der Waals surface area contributed by atoms with E-state index in [-0.39, 0.29) is 11.9 Å². The van der Waals surface area contributed by atoms with Crippen molar-refractivity contribution in [1.82, 2.24) is 4.98 Å². The molecule has 1 amide bonds. The van der Waals surface area contributed by atoms with E-state index < -0.39 is 0 Å². The molecule has 1 saturated heterocycles. The van der Waals surface area contributed by atoms with Gasteiger partial charge in [0.15, 0.2) is 0 Å². The van der Waals surface area contributed by atoms with Crippen LogP contribution in [0.2, 0.25) is 0 Å². The molecular formula is C16H24N4O. The third kappa shape index (κ3) is 2.62. The zero-order valence-electron chi connectivity index (χ0n) is 12.6. The Morgan fingerprint density at radius 2 is 2.29 bits per heavy atom. The number of pyridine rings is 1. The van der Waals surface area contributed by atoms with Crippen LogP contribution >= 0.6 is 0 Å². The van der Waals surface area contributed by atoms with Crippen molar-refractivity contribution in [1.29, 1.82) is 0 Å². The van der Waals surface area contributed by atoms with E-state index in [1.807, 2.05) is 6.07 Å². The first-order valence-electron chi connectivity index (χ1n) is 7.93. The summed E-state index contributed by atoms with van der Waals surface area (Å²) < 4.78 is 0. The lowest BCUT2D eigenvalue weighted by Crippen LogP contribution is -2.47. The van der Waals surface area contributed by atoms with E-state index >= 15 is 0 Å². The second-order valence-electron chi connectivity index (χ2n) is 6.25. The predicted molar refractivity (Wildman–Crippen MR) is 83.4 cm³/mol. The molecule has 0 spiro atoms. The molecule has 114 valence electrons. The lowest BCUT2D eigenvalue weighted by Gasteiger charge is -2.38. The summed E-state index contributed by atoms with van der Waals surface area (Å²) in [5.41, 5.74) is 14.7. The third-order valence-corrected chi connectivity index (χ3v) is 4.91. The predicted octanol–water partition coefficient (Wildman–Crippen LogP) is 1.23. The van der Waals surface area contributed by atoms with Gasteiger partial charge in [0.05, 0.1) is 5.56 Å². The molecule has 1 aromatic heterocycles. The molecule has 0 saturated carbocycles. The van der Waals surface area contributed by atoms with E-state index in [4.69, 9.17) is 16.5 Å². The van der Waals surface area contributed by atoms with Gasteiger partial charge in [-0.2, -0.15) is 0 Å². The van der Waals surface area contributed by atoms with Gasteiger partial charge in [-0.25, -0.2) is 4.98 Å². The number of hydrogen-bond acceptors (Lipinski definition) is 4. The summed E-state index contributed by atoms with van der Waals surface area (Å²) in [6.07, 6.45) is 5.12. The zero-order chi connectivity index (χ0) is 15.0. The maximum absolute atomic E-state index is 11.8. The van der Waals surface area contributed by atoms with E-state index in [1.165, 1.54) is 5.56 Å². The van der Waals surface area contributed by atoms with Gasteiger partial charge in [-0.3, -0.25) is 4.79 Å². The van der Waals surface area contributed by atoms with Crippen LogP contribution in [0.4, 0.5) is 5.82 Å². The Balaban J connectivity index is 1.95. The molecular weight excluding hydrogens is 264 g/mol. The molecule has 2 aliphatic rings. The van der Waals surface area contributed by atoms with Crippen molar-refractivity contribution in [2.45, 2.75) is 45.1 Å². The topological polar surface area (TPSA) is 85.2 Å². The number of nitrogens with zero attached hydrogens (tertiary/aromatic N) is 2. The summed E-state index contributed by atoms with van der Waals surface area (Å²) >= 11 is 0. The second kappa shape index (κ2) is 5.64. The fourth-order valence-electron chi connectivity index (χ4n) is 3.56. The minimum atomic E-state index is -0.380. The monoisotopic (exact) mass is 288 g/mol. The standard InChI is InChI=1S/C16H24N4O/c1-2-10-9-20(7-6-13(10)17)16-12(15(18)21)8-11-4-3-5-14(11)19-16/h8,10,13H,2-7,9,17H2,1H3,(H2,18,21). The Hall–Kier alpha value is -1.62. The molecule has 1 aliphatic heterocycles. The first kappa shape index (κ1) is 14.3. The molecule has 1 aromatic rings. The van der Waals surface area contributed by atoms with Crippen molar-refractivity contribution in [2.24, 2.45) is 17.4 Å². The molecule has 1 fully saturated rings. The maximum Gasteiger partial charge on any atom is 0.252 e. The van der Waals surface area contributed by atoms with E-state index in [9.17, 15) is 4.79 Å². The van der Waals surface area contributed by atoms with Gasteiger partial charge in [-0.15, -0.1) is 0 Å². The molecule has 4 N–H and O–H groups in total. The average Bonchev–Trinajstić information content (AvgIpc) is 2.93. The van der Waals surface area contributed by atoms with Crippen LogP contribution in [0.3, 0.4) is 0 Å². The lowest BCUT2D eigenvalue weighted by molar-refractivity contribution is 0.1000. The summed E-state index contributed by atoms with van der Waals surface area (Å²) in [4.78, 5) is 18.8. The van der Waals surface area contributed by atoms with Gasteiger partial charge >= 0.3 is 0 Å². The van der Waals surface area contributed by atoms with Crippen molar-refractivity contribution in [3.63, 3.8) is 0 Å². The largest absolute Gasteiger partial charge is 0.365 e. The van der Waals surface area contributed by atoms with E-state index in [1.54, 1.807) is 0 Å². The number of rotatable bonds is 3. The fourth-order valence-corrected chi connectivity index (χ4v) is 3.56. The van der Waals surface area contributed by atoms with Gasteiger partial charge in [0.25, 0.3) is 5.91 Å². The summed E-state index contributed by atoms with van der Waals surface area (Å²) in [7, 11) is 0. The van der Waals surface area contributed by atoms with Crippen molar-refractivity contribution >= 4 is 11.7 Å². The Morgan fingerprint density at radius 3 is 3.00 bits per heavy atom. The summed E-state index contributed by atoms with van der Waals surface area (Å²) in [6, 6.07) is 2.21. The van der Waals surface area contributed by atoms with Crippen LogP contribution in [-0.2, 0) is 12.8 Å². The average molecular weight is 288 g/mol. The minimum absolute atomic E-state index is 0.248. The molecule has 2 heterocycles. The number of carbonyl (C=O) groups is 1. The molecule has 3 rings (SSSR count). The summed E-state index contributed by atoms with van der Waals surface area (Å²) in [5.74, 6) is 0.846. The van der Waals surface area contributed by atoms with E-state index in [0.29, 0.717) is 11.5 Å². The fraction of sp³-hybridized carbons (Fsp3) is 0.625. The summed E-state index contributed by atoms with van der Waals surface area (Å²) in [5, 5.41) is 0. The molecule has 21 heavy (non-hydrogen) atoms. The maximum atomic E-state index is 11.8. The van der Waals surface area contributed by atoms with Crippen LogP contribution < -0.4 is 16.4 Å². The number of carbonyl (C=O) groups excluding carboxylic acids is 1. The number of fused-ring (bicyclic) bond motifs is 1. The highest BCUT2D eigenvalue weighted by Gasteiger charge is 2.29. The molecule has 0 bridgehead atoms. The number of piperidine rings is 1. The Labute approximate surface area is 125 Å². The van der Waals surface area contributed by atoms with Crippen LogP contribution in [0.25, 0.3) is 0 Å². The van der Waals surface area contributed by atoms with Gasteiger partial charge in [0.1, 0.15) is 5.82 Å². The number of hydrogen-bond donors (Lipinski definition) is 2. The summed E-state index contributed by atoms with van der Waals surface area (Å²) in [6.45, 7) is 3.88. The van der Waals surface area contributed by atoms with Gasteiger partial charge < -0.3 is 16.4 Å². The van der Waals surface area contributed by atoms with Crippen LogP contribution in [0.1, 0.15) is 47.8 Å².